The molecule has 1 aromatic rings. The van der Waals surface area contributed by atoms with Crippen molar-refractivity contribution in [2.75, 3.05) is 27.2 Å². The highest BCUT2D eigenvalue weighted by Gasteiger charge is 2.17. The molecule has 0 saturated heterocycles. The summed E-state index contributed by atoms with van der Waals surface area (Å²) in [4.78, 5) is 14.0. The van der Waals surface area contributed by atoms with E-state index in [0.717, 1.165) is 0 Å². The fourth-order valence-corrected chi connectivity index (χ4v) is 1.93. The molecule has 0 saturated carbocycles. The molecular formula is C9H14N2O2S. The van der Waals surface area contributed by atoms with E-state index in [-0.39, 0.29) is 5.91 Å². The highest BCUT2D eigenvalue weighted by Crippen LogP contribution is 2.25. The lowest BCUT2D eigenvalue weighted by atomic mass is 10.4. The molecule has 0 aliphatic carbocycles. The molecule has 0 bridgehead atoms. The molecule has 78 valence electrons. The van der Waals surface area contributed by atoms with Gasteiger partial charge in [-0.15, -0.1) is 11.3 Å². The van der Waals surface area contributed by atoms with Gasteiger partial charge in [0.2, 0.25) is 0 Å². The lowest BCUT2D eigenvalue weighted by Gasteiger charge is -2.15. The van der Waals surface area contributed by atoms with Crippen LogP contribution in [0.25, 0.3) is 0 Å². The minimum absolute atomic E-state index is 0.0395. The van der Waals surface area contributed by atoms with Gasteiger partial charge in [-0.2, -0.15) is 0 Å². The predicted molar refractivity (Wildman–Crippen MR) is 56.9 cm³/mol. The summed E-state index contributed by atoms with van der Waals surface area (Å²) in [6, 6.07) is 1.79. The second-order valence-electron chi connectivity index (χ2n) is 2.83. The van der Waals surface area contributed by atoms with Crippen molar-refractivity contribution >= 4 is 17.2 Å². The van der Waals surface area contributed by atoms with Crippen LogP contribution in [0.3, 0.4) is 0 Å². The minimum Gasteiger partial charge on any atom is -0.495 e. The van der Waals surface area contributed by atoms with Crippen molar-refractivity contribution in [2.24, 2.45) is 5.73 Å². The van der Waals surface area contributed by atoms with Crippen LogP contribution in [0.15, 0.2) is 11.4 Å². The summed E-state index contributed by atoms with van der Waals surface area (Å²) < 4.78 is 5.07. The van der Waals surface area contributed by atoms with Crippen LogP contribution in [0.5, 0.6) is 5.75 Å². The van der Waals surface area contributed by atoms with E-state index in [4.69, 9.17) is 10.5 Å². The number of rotatable bonds is 4. The molecule has 0 atom stereocenters. The molecule has 0 aromatic carbocycles. The fourth-order valence-electron chi connectivity index (χ4n) is 1.08. The van der Waals surface area contributed by atoms with Crippen molar-refractivity contribution in [3.8, 4) is 5.75 Å². The van der Waals surface area contributed by atoms with Crippen LogP contribution in [-0.4, -0.2) is 38.1 Å². The number of carbonyl (C=O) groups excluding carboxylic acids is 1. The number of carbonyl (C=O) groups is 1. The molecule has 0 unspecified atom stereocenters. The zero-order valence-corrected chi connectivity index (χ0v) is 9.13. The van der Waals surface area contributed by atoms with Gasteiger partial charge in [0, 0.05) is 20.1 Å². The number of hydrogen-bond acceptors (Lipinski definition) is 4. The average Bonchev–Trinajstić information content (AvgIpc) is 2.64. The van der Waals surface area contributed by atoms with Gasteiger partial charge in [0.1, 0.15) is 10.6 Å². The first-order valence-corrected chi connectivity index (χ1v) is 5.15. The number of methoxy groups -OCH3 is 1. The van der Waals surface area contributed by atoms with Crippen LogP contribution < -0.4 is 10.5 Å². The zero-order chi connectivity index (χ0) is 10.6. The number of likely N-dealkylation sites (N-methyl/N-ethyl adjacent to an activating group) is 1. The Morgan fingerprint density at radius 1 is 1.71 bits per heavy atom. The maximum atomic E-state index is 11.8. The minimum atomic E-state index is -0.0395. The summed E-state index contributed by atoms with van der Waals surface area (Å²) in [5, 5.41) is 1.84. The van der Waals surface area contributed by atoms with Crippen molar-refractivity contribution in [3.63, 3.8) is 0 Å². The largest absolute Gasteiger partial charge is 0.495 e. The molecule has 0 aliphatic rings. The van der Waals surface area contributed by atoms with Gasteiger partial charge in [-0.3, -0.25) is 4.79 Å². The molecule has 1 amide bonds. The number of ether oxygens (including phenoxy) is 1. The molecule has 5 heteroatoms. The highest BCUT2D eigenvalue weighted by molar-refractivity contribution is 7.12. The number of nitrogens with two attached hydrogens (primary N) is 1. The summed E-state index contributed by atoms with van der Waals surface area (Å²) in [7, 11) is 3.29. The van der Waals surface area contributed by atoms with Gasteiger partial charge in [-0.05, 0) is 11.4 Å². The van der Waals surface area contributed by atoms with Crippen LogP contribution in [0.1, 0.15) is 9.67 Å². The van der Waals surface area contributed by atoms with Crippen molar-refractivity contribution < 1.29 is 9.53 Å². The van der Waals surface area contributed by atoms with Gasteiger partial charge in [0.05, 0.1) is 7.11 Å². The molecule has 0 fully saturated rings. The third kappa shape index (κ3) is 2.24. The van der Waals surface area contributed by atoms with E-state index in [1.807, 2.05) is 5.38 Å². The monoisotopic (exact) mass is 214 g/mol. The van der Waals surface area contributed by atoms with Crippen LogP contribution in [-0.2, 0) is 0 Å². The average molecular weight is 214 g/mol. The number of hydrogen-bond donors (Lipinski definition) is 1. The first kappa shape index (κ1) is 11.0. The Morgan fingerprint density at radius 2 is 2.43 bits per heavy atom. The van der Waals surface area contributed by atoms with Crippen molar-refractivity contribution in [3.05, 3.63) is 16.3 Å². The van der Waals surface area contributed by atoms with Gasteiger partial charge in [0.15, 0.2) is 0 Å². The van der Waals surface area contributed by atoms with Gasteiger partial charge in [-0.1, -0.05) is 0 Å². The Labute approximate surface area is 87.3 Å². The van der Waals surface area contributed by atoms with Crippen LogP contribution in [0, 0.1) is 0 Å². The maximum Gasteiger partial charge on any atom is 0.267 e. The Kier molecular flexibility index (Phi) is 3.91. The molecule has 1 aromatic heterocycles. The van der Waals surface area contributed by atoms with Gasteiger partial charge < -0.3 is 15.4 Å². The van der Waals surface area contributed by atoms with E-state index in [1.165, 1.54) is 11.3 Å². The summed E-state index contributed by atoms with van der Waals surface area (Å²) in [5.41, 5.74) is 5.37. The van der Waals surface area contributed by atoms with Gasteiger partial charge in [-0.25, -0.2) is 0 Å². The second kappa shape index (κ2) is 4.97. The topological polar surface area (TPSA) is 55.6 Å². The zero-order valence-electron chi connectivity index (χ0n) is 8.32. The Hall–Kier alpha value is -1.07. The van der Waals surface area contributed by atoms with E-state index < -0.39 is 0 Å². The maximum absolute atomic E-state index is 11.8. The number of amides is 1. The SMILES string of the molecule is COc1ccsc1C(=O)N(C)CCN. The first-order chi connectivity index (χ1) is 6.70. The smallest absolute Gasteiger partial charge is 0.267 e. The van der Waals surface area contributed by atoms with E-state index in [2.05, 4.69) is 0 Å². The van der Waals surface area contributed by atoms with Crippen LogP contribution in [0.4, 0.5) is 0 Å². The normalized spacial score (nSPS) is 9.93. The summed E-state index contributed by atoms with van der Waals surface area (Å²) in [6.07, 6.45) is 0. The molecule has 14 heavy (non-hydrogen) atoms. The standard InChI is InChI=1S/C9H14N2O2S/c1-11(5-4-10)9(12)8-7(13-2)3-6-14-8/h3,6H,4-5,10H2,1-2H3. The van der Waals surface area contributed by atoms with E-state index in [1.54, 1.807) is 25.1 Å². The second-order valence-corrected chi connectivity index (χ2v) is 3.75. The van der Waals surface area contributed by atoms with Gasteiger partial charge in [0.25, 0.3) is 5.91 Å². The van der Waals surface area contributed by atoms with Crippen LogP contribution in [0.2, 0.25) is 0 Å². The molecule has 0 spiro atoms. The van der Waals surface area contributed by atoms with Crippen molar-refractivity contribution in [1.82, 2.24) is 4.90 Å². The van der Waals surface area contributed by atoms with Crippen molar-refractivity contribution in [1.29, 1.82) is 0 Å². The fraction of sp³-hybridized carbons (Fsp3) is 0.444. The highest BCUT2D eigenvalue weighted by atomic mass is 32.1. The molecule has 0 aliphatic heterocycles. The Balaban J connectivity index is 2.78. The molecule has 0 radical (unpaired) electrons. The summed E-state index contributed by atoms with van der Waals surface area (Å²) in [6.45, 7) is 1.02. The van der Waals surface area contributed by atoms with E-state index >= 15 is 0 Å². The van der Waals surface area contributed by atoms with Crippen molar-refractivity contribution in [2.45, 2.75) is 0 Å². The first-order valence-electron chi connectivity index (χ1n) is 4.27. The molecular weight excluding hydrogens is 200 g/mol. The molecule has 1 rings (SSSR count). The number of nitrogens with zero attached hydrogens (tertiary/aromatic N) is 1. The third-order valence-electron chi connectivity index (χ3n) is 1.85. The third-order valence-corrected chi connectivity index (χ3v) is 2.74. The van der Waals surface area contributed by atoms with Crippen LogP contribution >= 0.6 is 11.3 Å². The molecule has 4 nitrogen and oxygen atoms in total. The number of thiophene rings is 1. The Bertz CT molecular complexity index is 312. The van der Waals surface area contributed by atoms with Gasteiger partial charge >= 0.3 is 0 Å². The summed E-state index contributed by atoms with van der Waals surface area (Å²) in [5.74, 6) is 0.589. The predicted octanol–water partition coefficient (Wildman–Crippen LogP) is 0.787. The molecule has 2 N–H and O–H groups in total. The Morgan fingerprint density at radius 3 is 3.00 bits per heavy atom. The lowest BCUT2D eigenvalue weighted by Crippen LogP contribution is -2.31. The van der Waals surface area contributed by atoms with E-state index in [9.17, 15) is 4.79 Å². The lowest BCUT2D eigenvalue weighted by molar-refractivity contribution is 0.0801. The quantitative estimate of drug-likeness (QED) is 0.806. The van der Waals surface area contributed by atoms with E-state index in [0.29, 0.717) is 23.7 Å². The molecule has 1 heterocycles. The summed E-state index contributed by atoms with van der Waals surface area (Å²) >= 11 is 1.38.